The minimum Gasteiger partial charge on any atom is -0.310 e. The van der Waals surface area contributed by atoms with Gasteiger partial charge < -0.3 is 9.47 Å². The monoisotopic (exact) mass is 712 g/mol. The van der Waals surface area contributed by atoms with Gasteiger partial charge in [-0.05, 0) is 121 Å². The highest BCUT2D eigenvalue weighted by Crippen LogP contribution is 2.43. The lowest BCUT2D eigenvalue weighted by Gasteiger charge is -2.27. The standard InChI is InChI=1S/C54H36N2/c1-4-14-37(15-5-1)39-24-27-42(28-25-39)55(43-29-31-49-47-22-11-10-20-45(47)46-21-12-13-23-48(46)50(49)35-43)44-30-33-54-52(36-44)51-34-40(38-16-6-2-7-17-38)26-32-53(51)56(54)41-18-8-3-9-19-41/h1-36H. The zero-order chi connectivity index (χ0) is 37.0. The number of nitrogens with zero attached hydrogens (tertiary/aromatic N) is 2. The Hall–Kier alpha value is -7.42. The van der Waals surface area contributed by atoms with E-state index < -0.39 is 0 Å². The first-order valence-corrected chi connectivity index (χ1v) is 19.3. The molecule has 0 bridgehead atoms. The number of hydrogen-bond acceptors (Lipinski definition) is 1. The molecule has 2 nitrogen and oxygen atoms in total. The van der Waals surface area contributed by atoms with Gasteiger partial charge in [-0.3, -0.25) is 0 Å². The lowest BCUT2D eigenvalue weighted by molar-refractivity contribution is 1.18. The Morgan fingerprint density at radius 2 is 0.643 bits per heavy atom. The predicted octanol–water partition coefficient (Wildman–Crippen LogP) is 15.0. The summed E-state index contributed by atoms with van der Waals surface area (Å²) in [5.41, 5.74) is 11.6. The van der Waals surface area contributed by atoms with Crippen LogP contribution in [-0.4, -0.2) is 4.57 Å². The van der Waals surface area contributed by atoms with Crippen LogP contribution in [0.3, 0.4) is 0 Å². The number of hydrogen-bond donors (Lipinski definition) is 0. The highest BCUT2D eigenvalue weighted by atomic mass is 15.1. The molecule has 0 N–H and O–H groups in total. The topological polar surface area (TPSA) is 8.17 Å². The Bertz CT molecular complexity index is 3180. The SMILES string of the molecule is c1ccc(-c2ccc(N(c3ccc4c5ccccc5c5ccccc5c4c3)c3ccc4c(c3)c3cc(-c5ccccc5)ccc3n4-c3ccccc3)cc2)cc1. The maximum absolute atomic E-state index is 2.42. The molecule has 0 saturated heterocycles. The van der Waals surface area contributed by atoms with Gasteiger partial charge in [0.05, 0.1) is 11.0 Å². The summed E-state index contributed by atoms with van der Waals surface area (Å²) < 4.78 is 2.40. The van der Waals surface area contributed by atoms with E-state index >= 15 is 0 Å². The number of para-hydroxylation sites is 1. The van der Waals surface area contributed by atoms with Gasteiger partial charge in [0.25, 0.3) is 0 Å². The van der Waals surface area contributed by atoms with Gasteiger partial charge in [0.2, 0.25) is 0 Å². The molecule has 0 spiro atoms. The molecule has 10 aromatic carbocycles. The Morgan fingerprint density at radius 1 is 0.250 bits per heavy atom. The van der Waals surface area contributed by atoms with E-state index in [1.165, 1.54) is 76.4 Å². The molecule has 2 heteroatoms. The molecule has 0 amide bonds. The van der Waals surface area contributed by atoms with Gasteiger partial charge in [0.15, 0.2) is 0 Å². The van der Waals surface area contributed by atoms with Gasteiger partial charge in [0, 0.05) is 33.5 Å². The summed E-state index contributed by atoms with van der Waals surface area (Å²) in [6.07, 6.45) is 0. The van der Waals surface area contributed by atoms with E-state index in [1.54, 1.807) is 0 Å². The lowest BCUT2D eigenvalue weighted by Crippen LogP contribution is -2.10. The first kappa shape index (κ1) is 32.0. The molecule has 0 radical (unpaired) electrons. The molecule has 11 rings (SSSR count). The molecule has 0 aliphatic carbocycles. The average Bonchev–Trinajstić information content (AvgIpc) is 3.61. The third kappa shape index (κ3) is 5.26. The Kier molecular flexibility index (Phi) is 7.53. The van der Waals surface area contributed by atoms with E-state index in [0.717, 1.165) is 22.7 Å². The molecule has 0 unspecified atom stereocenters. The van der Waals surface area contributed by atoms with Crippen LogP contribution in [0.15, 0.2) is 218 Å². The van der Waals surface area contributed by atoms with Crippen molar-refractivity contribution in [2.45, 2.75) is 0 Å². The molecule has 262 valence electrons. The molecule has 1 aromatic heterocycles. The van der Waals surface area contributed by atoms with Crippen LogP contribution in [0.4, 0.5) is 17.1 Å². The minimum atomic E-state index is 1.10. The summed E-state index contributed by atoms with van der Waals surface area (Å²) in [7, 11) is 0. The van der Waals surface area contributed by atoms with Crippen molar-refractivity contribution in [1.82, 2.24) is 4.57 Å². The van der Waals surface area contributed by atoms with Gasteiger partial charge in [-0.2, -0.15) is 0 Å². The second-order valence-electron chi connectivity index (χ2n) is 14.5. The van der Waals surface area contributed by atoms with Crippen LogP contribution in [-0.2, 0) is 0 Å². The maximum atomic E-state index is 2.42. The van der Waals surface area contributed by atoms with Gasteiger partial charge >= 0.3 is 0 Å². The number of anilines is 3. The van der Waals surface area contributed by atoms with Crippen molar-refractivity contribution in [2.24, 2.45) is 0 Å². The van der Waals surface area contributed by atoms with Crippen molar-refractivity contribution in [2.75, 3.05) is 4.90 Å². The molecular formula is C54H36N2. The second-order valence-corrected chi connectivity index (χ2v) is 14.5. The normalized spacial score (nSPS) is 11.6. The van der Waals surface area contributed by atoms with Crippen molar-refractivity contribution >= 4 is 71.2 Å². The van der Waals surface area contributed by atoms with Crippen molar-refractivity contribution in [3.8, 4) is 27.9 Å². The Balaban J connectivity index is 1.17. The van der Waals surface area contributed by atoms with Crippen LogP contribution in [0.1, 0.15) is 0 Å². The number of aromatic nitrogens is 1. The van der Waals surface area contributed by atoms with Crippen LogP contribution in [0, 0.1) is 0 Å². The van der Waals surface area contributed by atoms with Gasteiger partial charge in [-0.15, -0.1) is 0 Å². The number of benzene rings is 10. The van der Waals surface area contributed by atoms with E-state index in [4.69, 9.17) is 0 Å². The van der Waals surface area contributed by atoms with Crippen LogP contribution >= 0.6 is 0 Å². The summed E-state index contributed by atoms with van der Waals surface area (Å²) in [6.45, 7) is 0. The van der Waals surface area contributed by atoms with Crippen molar-refractivity contribution in [3.05, 3.63) is 218 Å². The van der Waals surface area contributed by atoms with E-state index in [1.807, 2.05) is 0 Å². The minimum absolute atomic E-state index is 1.10. The van der Waals surface area contributed by atoms with Crippen LogP contribution < -0.4 is 4.90 Å². The van der Waals surface area contributed by atoms with Gasteiger partial charge in [-0.25, -0.2) is 0 Å². The molecule has 0 saturated carbocycles. The van der Waals surface area contributed by atoms with Gasteiger partial charge in [-0.1, -0.05) is 152 Å². The lowest BCUT2D eigenvalue weighted by atomic mass is 9.94. The van der Waals surface area contributed by atoms with E-state index in [2.05, 4.69) is 228 Å². The molecule has 0 aliphatic heterocycles. The summed E-state index contributed by atoms with van der Waals surface area (Å²) in [4.78, 5) is 2.42. The van der Waals surface area contributed by atoms with E-state index in [0.29, 0.717) is 0 Å². The summed E-state index contributed by atoms with van der Waals surface area (Å²) >= 11 is 0. The highest BCUT2D eigenvalue weighted by Gasteiger charge is 2.19. The Labute approximate surface area is 325 Å². The first-order chi connectivity index (χ1) is 27.8. The van der Waals surface area contributed by atoms with Crippen molar-refractivity contribution in [3.63, 3.8) is 0 Å². The molecule has 11 aromatic rings. The highest BCUT2D eigenvalue weighted by molar-refractivity contribution is 6.26. The summed E-state index contributed by atoms with van der Waals surface area (Å²) in [6, 6.07) is 79.5. The van der Waals surface area contributed by atoms with Crippen molar-refractivity contribution in [1.29, 1.82) is 0 Å². The molecule has 1 heterocycles. The van der Waals surface area contributed by atoms with Crippen LogP contribution in [0.25, 0.3) is 82.1 Å². The smallest absolute Gasteiger partial charge is 0.0542 e. The third-order valence-electron chi connectivity index (χ3n) is 11.3. The zero-order valence-corrected chi connectivity index (χ0v) is 30.7. The fraction of sp³-hybridized carbons (Fsp3) is 0. The molecule has 56 heavy (non-hydrogen) atoms. The maximum Gasteiger partial charge on any atom is 0.0542 e. The first-order valence-electron chi connectivity index (χ1n) is 19.3. The number of fused-ring (bicyclic) bond motifs is 9. The third-order valence-corrected chi connectivity index (χ3v) is 11.3. The van der Waals surface area contributed by atoms with E-state index in [-0.39, 0.29) is 0 Å². The second kappa shape index (κ2) is 13.2. The van der Waals surface area contributed by atoms with Crippen molar-refractivity contribution < 1.29 is 0 Å². The molecular weight excluding hydrogens is 677 g/mol. The fourth-order valence-corrected chi connectivity index (χ4v) is 8.73. The van der Waals surface area contributed by atoms with Gasteiger partial charge in [0.1, 0.15) is 0 Å². The summed E-state index contributed by atoms with van der Waals surface area (Å²) in [5.74, 6) is 0. The zero-order valence-electron chi connectivity index (χ0n) is 30.7. The fourth-order valence-electron chi connectivity index (χ4n) is 8.73. The molecule has 0 aliphatic rings. The quantitative estimate of drug-likeness (QED) is 0.156. The summed E-state index contributed by atoms with van der Waals surface area (Å²) in [5, 5.41) is 10.0. The average molecular weight is 713 g/mol. The molecule has 0 atom stereocenters. The Morgan fingerprint density at radius 3 is 1.25 bits per heavy atom. The van der Waals surface area contributed by atoms with E-state index in [9.17, 15) is 0 Å². The molecule has 0 fully saturated rings. The number of rotatable bonds is 6. The predicted molar refractivity (Wildman–Crippen MR) is 239 cm³/mol. The van der Waals surface area contributed by atoms with Crippen LogP contribution in [0.2, 0.25) is 0 Å². The van der Waals surface area contributed by atoms with Crippen LogP contribution in [0.5, 0.6) is 0 Å². The largest absolute Gasteiger partial charge is 0.310 e.